The average molecular weight is 387 g/mol. The summed E-state index contributed by atoms with van der Waals surface area (Å²) in [6, 6.07) is 26.8. The Morgan fingerprint density at radius 3 is 1.07 bits per heavy atom. The van der Waals surface area contributed by atoms with E-state index < -0.39 is 0 Å². The Morgan fingerprint density at radius 2 is 0.714 bits per heavy atom. The molecule has 0 aliphatic carbocycles. The van der Waals surface area contributed by atoms with Gasteiger partial charge in [0.15, 0.2) is 0 Å². The number of benzene rings is 5. The fourth-order valence-corrected chi connectivity index (χ4v) is 4.52. The van der Waals surface area contributed by atoms with Crippen LogP contribution in [0.3, 0.4) is 0 Å². The lowest BCUT2D eigenvalue weighted by Crippen LogP contribution is -1.83. The largest absolute Gasteiger partial charge is 0.138 e. The first-order valence-corrected chi connectivity index (χ1v) is 11.4. The Labute approximate surface area is 170 Å². The third-order valence-electron chi connectivity index (χ3n) is 5.24. The molecule has 28 heavy (non-hydrogen) atoms. The third kappa shape index (κ3) is 2.90. The zero-order valence-corrected chi connectivity index (χ0v) is 19.9. The van der Waals surface area contributed by atoms with E-state index in [2.05, 4.69) is 95.7 Å². The van der Waals surface area contributed by atoms with Gasteiger partial charge in [0.1, 0.15) is 0 Å². The summed E-state index contributed by atoms with van der Waals surface area (Å²) in [5, 5.41) is 10.1. The molecule has 2 heteroatoms. The third-order valence-corrected chi connectivity index (χ3v) is 5.74. The highest BCUT2D eigenvalue weighted by Gasteiger charge is 2.04. The zero-order chi connectivity index (χ0) is 19.1. The Morgan fingerprint density at radius 1 is 0.393 bits per heavy atom. The summed E-state index contributed by atoms with van der Waals surface area (Å²) in [5.41, 5.74) is 8.44. The van der Waals surface area contributed by atoms with Gasteiger partial charge in [-0.2, -0.15) is 0 Å². The Kier molecular flexibility index (Phi) is 4.03. The molecule has 0 amide bonds. The highest BCUT2D eigenvalue weighted by atomic mass is 28.1. The molecule has 0 bridgehead atoms. The minimum atomic E-state index is 0.907. The van der Waals surface area contributed by atoms with Gasteiger partial charge in [-0.1, -0.05) is 24.0 Å². The van der Waals surface area contributed by atoms with Gasteiger partial charge < -0.3 is 0 Å². The number of hydrogen-bond acceptors (Lipinski definition) is 0. The lowest BCUT2D eigenvalue weighted by atomic mass is 9.96. The molecule has 0 N–H and O–H groups in total. The Balaban J connectivity index is 1.77. The second kappa shape index (κ2) is 6.69. The molecule has 0 unspecified atom stereocenters. The molecule has 0 spiro atoms. The fraction of sp³-hybridized carbons (Fsp3) is 0. The minimum Gasteiger partial charge on any atom is -0.138 e. The van der Waals surface area contributed by atoms with E-state index in [0.29, 0.717) is 0 Å². The van der Waals surface area contributed by atoms with Crippen molar-refractivity contribution in [2.24, 2.45) is 0 Å². The molecule has 0 saturated heterocycles. The molecule has 0 aliphatic heterocycles. The normalized spacial score (nSPS) is 10.9. The van der Waals surface area contributed by atoms with E-state index in [1.54, 1.807) is 0 Å². The van der Waals surface area contributed by atoms with Crippen LogP contribution < -0.4 is 0 Å². The van der Waals surface area contributed by atoms with E-state index in [0.717, 1.165) is 31.6 Å². The van der Waals surface area contributed by atoms with Crippen LogP contribution in [0.15, 0.2) is 72.8 Å². The molecule has 0 radical (unpaired) electrons. The Bertz CT molecular complexity index is 1420. The number of hydrogen-bond donors (Lipinski definition) is 0. The monoisotopic (exact) mass is 386 g/mol. The van der Waals surface area contributed by atoms with Gasteiger partial charge in [-0.25, -0.2) is 0 Å². The van der Waals surface area contributed by atoms with Gasteiger partial charge >= 0.3 is 0 Å². The summed E-state index contributed by atoms with van der Waals surface area (Å²) in [6.45, 7) is 0. The van der Waals surface area contributed by atoms with Crippen LogP contribution in [-0.2, 0) is 0 Å². The van der Waals surface area contributed by atoms with Crippen molar-refractivity contribution < 1.29 is 0 Å². The van der Waals surface area contributed by atoms with E-state index in [1.807, 2.05) is 0 Å². The number of fused-ring (bicyclic) bond motifs is 4. The summed E-state index contributed by atoms with van der Waals surface area (Å²) in [5.74, 6) is 6.43. The molecule has 0 aromatic heterocycles. The first-order chi connectivity index (χ1) is 13.7. The standard InChI is InChI=1S/C26H18Si2/c27-7-5-17-1-3-19-11-23-15-26-14-22-10-18(6-8-28)2-4-20(22)12-24(26)16-25(23)13-21(19)9-17/h1-4,9-16H,27-28H3. The van der Waals surface area contributed by atoms with Crippen LogP contribution >= 0.6 is 0 Å². The summed E-state index contributed by atoms with van der Waals surface area (Å²) < 4.78 is 0. The second-order valence-corrected chi connectivity index (χ2v) is 8.12. The van der Waals surface area contributed by atoms with Crippen molar-refractivity contribution in [3.05, 3.63) is 83.9 Å². The van der Waals surface area contributed by atoms with E-state index in [1.165, 1.54) is 43.1 Å². The highest BCUT2D eigenvalue weighted by Crippen LogP contribution is 2.30. The predicted molar refractivity (Wildman–Crippen MR) is 130 cm³/mol. The SMILES string of the molecule is [SiH3]C#Cc1ccc2cc3cc4cc5cc(C#C[SiH3])ccc5cc4cc3cc2c1. The number of rotatable bonds is 0. The molecule has 5 rings (SSSR count). The van der Waals surface area contributed by atoms with Crippen LogP contribution in [-0.4, -0.2) is 20.5 Å². The molecule has 130 valence electrons. The summed E-state index contributed by atoms with van der Waals surface area (Å²) in [7, 11) is 1.81. The van der Waals surface area contributed by atoms with E-state index in [4.69, 9.17) is 0 Å². The van der Waals surface area contributed by atoms with Crippen LogP contribution in [0.5, 0.6) is 0 Å². The van der Waals surface area contributed by atoms with Crippen molar-refractivity contribution in [3.63, 3.8) is 0 Å². The van der Waals surface area contributed by atoms with Crippen molar-refractivity contribution in [1.82, 2.24) is 0 Å². The maximum absolute atomic E-state index is 3.22. The molecule has 0 heterocycles. The lowest BCUT2D eigenvalue weighted by molar-refractivity contribution is 1.71. The van der Waals surface area contributed by atoms with Gasteiger partial charge in [-0.05, 0) is 104 Å². The molecule has 0 fully saturated rings. The lowest BCUT2D eigenvalue weighted by Gasteiger charge is -2.08. The van der Waals surface area contributed by atoms with Crippen molar-refractivity contribution in [1.29, 1.82) is 0 Å². The van der Waals surface area contributed by atoms with Gasteiger partial charge in [0, 0.05) is 11.1 Å². The van der Waals surface area contributed by atoms with E-state index >= 15 is 0 Å². The van der Waals surface area contributed by atoms with Gasteiger partial charge in [-0.3, -0.25) is 0 Å². The molecular formula is C26H18Si2. The van der Waals surface area contributed by atoms with Gasteiger partial charge in [0.05, 0.1) is 20.5 Å². The minimum absolute atomic E-state index is 0.907. The molecule has 0 aliphatic rings. The van der Waals surface area contributed by atoms with Gasteiger partial charge in [-0.15, -0.1) is 11.1 Å². The van der Waals surface area contributed by atoms with Crippen LogP contribution in [0.4, 0.5) is 0 Å². The zero-order valence-electron chi connectivity index (χ0n) is 15.9. The molecular weight excluding hydrogens is 368 g/mol. The molecule has 0 saturated carbocycles. The van der Waals surface area contributed by atoms with Gasteiger partial charge in [0.2, 0.25) is 0 Å². The summed E-state index contributed by atoms with van der Waals surface area (Å²) in [6.07, 6.45) is 0. The highest BCUT2D eigenvalue weighted by molar-refractivity contribution is 6.22. The van der Waals surface area contributed by atoms with Crippen molar-refractivity contribution >= 4 is 63.6 Å². The van der Waals surface area contributed by atoms with Crippen molar-refractivity contribution in [2.75, 3.05) is 0 Å². The van der Waals surface area contributed by atoms with Crippen LogP contribution in [0.1, 0.15) is 11.1 Å². The first kappa shape index (κ1) is 16.8. The maximum Gasteiger partial charge on any atom is 0.0911 e. The molecule has 5 aromatic carbocycles. The van der Waals surface area contributed by atoms with Crippen molar-refractivity contribution in [2.45, 2.75) is 0 Å². The molecule has 0 nitrogen and oxygen atoms in total. The Hall–Kier alpha value is -3.31. The maximum atomic E-state index is 3.22. The quantitative estimate of drug-likeness (QED) is 0.216. The summed E-state index contributed by atoms with van der Waals surface area (Å²) >= 11 is 0. The van der Waals surface area contributed by atoms with E-state index in [-0.39, 0.29) is 0 Å². The van der Waals surface area contributed by atoms with Crippen LogP contribution in [0.2, 0.25) is 0 Å². The van der Waals surface area contributed by atoms with Crippen LogP contribution in [0, 0.1) is 22.9 Å². The smallest absolute Gasteiger partial charge is 0.0911 e. The van der Waals surface area contributed by atoms with Crippen molar-refractivity contribution in [3.8, 4) is 22.9 Å². The average Bonchev–Trinajstić information content (AvgIpc) is 2.70. The summed E-state index contributed by atoms with van der Waals surface area (Å²) in [4.78, 5) is 0. The molecule has 5 aromatic rings. The topological polar surface area (TPSA) is 0 Å². The predicted octanol–water partition coefficient (Wildman–Crippen LogP) is 3.65. The van der Waals surface area contributed by atoms with E-state index in [9.17, 15) is 0 Å². The molecule has 0 atom stereocenters. The second-order valence-electron chi connectivity index (χ2n) is 7.12. The fourth-order valence-electron chi connectivity index (χ4n) is 3.95. The van der Waals surface area contributed by atoms with Crippen LogP contribution in [0.25, 0.3) is 43.1 Å². The first-order valence-electron chi connectivity index (χ1n) is 9.44. The van der Waals surface area contributed by atoms with Gasteiger partial charge in [0.25, 0.3) is 0 Å².